The summed E-state index contributed by atoms with van der Waals surface area (Å²) in [7, 11) is -4.24. The van der Waals surface area contributed by atoms with Gasteiger partial charge in [0.05, 0.1) is 11.1 Å². The number of hydrogen-bond donors (Lipinski definition) is 0. The highest BCUT2D eigenvalue weighted by atomic mass is 31.2. The topological polar surface area (TPSA) is 17.1 Å². The van der Waals surface area contributed by atoms with E-state index in [1.807, 2.05) is 97.1 Å². The summed E-state index contributed by atoms with van der Waals surface area (Å²) in [6.45, 7) is 0. The van der Waals surface area contributed by atoms with Gasteiger partial charge in [0, 0.05) is 21.3 Å². The monoisotopic (exact) mass is 690 g/mol. The third-order valence-electron chi connectivity index (χ3n) is 9.37. The Morgan fingerprint density at radius 3 is 1.22 bits per heavy atom. The summed E-state index contributed by atoms with van der Waals surface area (Å²) in [6, 6.07) is 41.0. The number of halogens is 6. The average Bonchev–Trinajstić information content (AvgIpc) is 3.13. The molecular formula is C42H25F6OP. The van der Waals surface area contributed by atoms with Crippen molar-refractivity contribution in [3.05, 3.63) is 163 Å². The van der Waals surface area contributed by atoms with Crippen LogP contribution in [0.4, 0.5) is 26.3 Å². The van der Waals surface area contributed by atoms with E-state index in [1.54, 1.807) is 6.07 Å². The summed E-state index contributed by atoms with van der Waals surface area (Å²) < 4.78 is 99.2. The van der Waals surface area contributed by atoms with Crippen LogP contribution in [0.1, 0.15) is 11.1 Å². The zero-order valence-electron chi connectivity index (χ0n) is 26.1. The van der Waals surface area contributed by atoms with E-state index in [0.29, 0.717) is 16.1 Å². The predicted octanol–water partition coefficient (Wildman–Crippen LogP) is 11.6. The number of rotatable bonds is 4. The Hall–Kier alpha value is -5.39. The lowest BCUT2D eigenvalue weighted by Crippen LogP contribution is -2.27. The molecule has 246 valence electrons. The fourth-order valence-electron chi connectivity index (χ4n) is 7.18. The van der Waals surface area contributed by atoms with Crippen molar-refractivity contribution in [1.82, 2.24) is 0 Å². The lowest BCUT2D eigenvalue weighted by Gasteiger charge is -2.27. The summed E-state index contributed by atoms with van der Waals surface area (Å²) in [5, 5.41) is 6.70. The first-order valence-electron chi connectivity index (χ1n) is 15.8. The highest BCUT2D eigenvalue weighted by Gasteiger charge is 2.38. The molecule has 8 aromatic rings. The van der Waals surface area contributed by atoms with Crippen molar-refractivity contribution < 1.29 is 30.9 Å². The second kappa shape index (κ2) is 11.6. The Kier molecular flexibility index (Phi) is 7.39. The molecule has 8 aromatic carbocycles. The quantitative estimate of drug-likeness (QED) is 0.0778. The molecule has 0 bridgehead atoms. The van der Waals surface area contributed by atoms with Crippen LogP contribution in [0.5, 0.6) is 0 Å². The summed E-state index contributed by atoms with van der Waals surface area (Å²) in [6.07, 6.45) is -9.30. The van der Waals surface area contributed by atoms with Gasteiger partial charge in [0.2, 0.25) is 0 Å². The Balaban J connectivity index is 1.64. The molecule has 0 amide bonds. The van der Waals surface area contributed by atoms with Crippen LogP contribution in [0.15, 0.2) is 152 Å². The van der Waals surface area contributed by atoms with E-state index in [4.69, 9.17) is 0 Å². The van der Waals surface area contributed by atoms with Crippen LogP contribution in [-0.4, -0.2) is 0 Å². The lowest BCUT2D eigenvalue weighted by atomic mass is 9.86. The van der Waals surface area contributed by atoms with E-state index >= 15 is 4.57 Å². The van der Waals surface area contributed by atoms with Crippen molar-refractivity contribution in [2.45, 2.75) is 12.4 Å². The maximum absolute atomic E-state index is 16.4. The van der Waals surface area contributed by atoms with Crippen molar-refractivity contribution in [1.29, 1.82) is 0 Å². The minimum Gasteiger partial charge on any atom is -0.309 e. The first kappa shape index (κ1) is 31.9. The molecule has 0 saturated heterocycles. The van der Waals surface area contributed by atoms with Gasteiger partial charge in [-0.2, -0.15) is 26.3 Å². The van der Waals surface area contributed by atoms with Gasteiger partial charge in [-0.15, -0.1) is 0 Å². The predicted molar refractivity (Wildman–Crippen MR) is 191 cm³/mol. The Morgan fingerprint density at radius 1 is 0.380 bits per heavy atom. The molecule has 8 heteroatoms. The van der Waals surface area contributed by atoms with Gasteiger partial charge < -0.3 is 4.57 Å². The smallest absolute Gasteiger partial charge is 0.309 e. The zero-order valence-corrected chi connectivity index (χ0v) is 27.0. The highest BCUT2D eigenvalue weighted by molar-refractivity contribution is 7.86. The zero-order chi connectivity index (χ0) is 34.8. The highest BCUT2D eigenvalue weighted by Crippen LogP contribution is 2.52. The Labute approximate surface area is 282 Å². The van der Waals surface area contributed by atoms with Crippen molar-refractivity contribution in [3.8, 4) is 11.1 Å². The van der Waals surface area contributed by atoms with E-state index < -0.39 is 30.6 Å². The molecule has 50 heavy (non-hydrogen) atoms. The molecule has 0 aromatic heterocycles. The molecule has 0 fully saturated rings. The minimum atomic E-state index is -4.65. The van der Waals surface area contributed by atoms with Gasteiger partial charge in [-0.3, -0.25) is 0 Å². The van der Waals surface area contributed by atoms with E-state index in [2.05, 4.69) is 0 Å². The first-order valence-corrected chi connectivity index (χ1v) is 17.5. The van der Waals surface area contributed by atoms with Gasteiger partial charge in [0.25, 0.3) is 0 Å². The molecule has 0 heterocycles. The average molecular weight is 691 g/mol. The largest absolute Gasteiger partial charge is 0.416 e. The van der Waals surface area contributed by atoms with Gasteiger partial charge in [-0.1, -0.05) is 127 Å². The van der Waals surface area contributed by atoms with Crippen LogP contribution in [0.3, 0.4) is 0 Å². The summed E-state index contributed by atoms with van der Waals surface area (Å²) in [4.78, 5) is 0. The second-order valence-electron chi connectivity index (χ2n) is 12.2. The maximum atomic E-state index is 16.4. The van der Waals surface area contributed by atoms with Gasteiger partial charge in [0.1, 0.15) is 0 Å². The van der Waals surface area contributed by atoms with Crippen LogP contribution < -0.4 is 15.9 Å². The standard InChI is InChI=1S/C42H25F6OP/c43-41(44,45)27-18-22-29(23-19-27)50(49,30-24-20-28(21-25-30)42(46,47)48)40-36-17-9-8-16-35(36)37(26-10-2-1-3-11-26)38-33-14-6-4-12-31(33)32-13-5-7-15-34(32)39(38)40/h1-25H. The van der Waals surface area contributed by atoms with Crippen molar-refractivity contribution in [3.63, 3.8) is 0 Å². The van der Waals surface area contributed by atoms with E-state index in [-0.39, 0.29) is 10.6 Å². The molecule has 0 saturated carbocycles. The van der Waals surface area contributed by atoms with Gasteiger partial charge in [-0.25, -0.2) is 0 Å². The maximum Gasteiger partial charge on any atom is 0.416 e. The molecule has 0 unspecified atom stereocenters. The van der Waals surface area contributed by atoms with Crippen molar-refractivity contribution in [2.24, 2.45) is 0 Å². The van der Waals surface area contributed by atoms with Crippen LogP contribution in [0.2, 0.25) is 0 Å². The minimum absolute atomic E-state index is 0.0708. The molecule has 1 nitrogen and oxygen atoms in total. The molecule has 0 aliphatic rings. The number of benzene rings is 8. The molecule has 0 atom stereocenters. The molecule has 0 N–H and O–H groups in total. The van der Waals surface area contributed by atoms with Crippen LogP contribution >= 0.6 is 7.14 Å². The third-order valence-corrected chi connectivity index (χ3v) is 12.5. The first-order chi connectivity index (χ1) is 24.0. The lowest BCUT2D eigenvalue weighted by molar-refractivity contribution is -0.138. The van der Waals surface area contributed by atoms with Crippen molar-refractivity contribution >= 4 is 66.1 Å². The van der Waals surface area contributed by atoms with Gasteiger partial charge in [0.15, 0.2) is 7.14 Å². The van der Waals surface area contributed by atoms with Crippen LogP contribution in [0, 0.1) is 0 Å². The van der Waals surface area contributed by atoms with E-state index in [9.17, 15) is 26.3 Å². The fraction of sp³-hybridized carbons (Fsp3) is 0.0476. The summed E-state index contributed by atoms with van der Waals surface area (Å²) in [5.74, 6) is 0. The van der Waals surface area contributed by atoms with E-state index in [0.717, 1.165) is 67.7 Å². The summed E-state index contributed by atoms with van der Waals surface area (Å²) >= 11 is 0. The molecule has 0 spiro atoms. The van der Waals surface area contributed by atoms with Crippen LogP contribution in [0.25, 0.3) is 54.2 Å². The van der Waals surface area contributed by atoms with E-state index in [1.165, 1.54) is 24.3 Å². The normalized spacial score (nSPS) is 12.7. The molecule has 0 aliphatic heterocycles. The molecule has 0 aliphatic carbocycles. The van der Waals surface area contributed by atoms with Crippen LogP contribution in [-0.2, 0) is 16.9 Å². The van der Waals surface area contributed by atoms with Gasteiger partial charge in [-0.05, 0) is 73.1 Å². The fourth-order valence-corrected chi connectivity index (χ4v) is 10.2. The number of fused-ring (bicyclic) bond motifs is 7. The van der Waals surface area contributed by atoms with Gasteiger partial charge >= 0.3 is 12.4 Å². The second-order valence-corrected chi connectivity index (χ2v) is 14.9. The Bertz CT molecular complexity index is 2560. The van der Waals surface area contributed by atoms with Crippen molar-refractivity contribution in [2.75, 3.05) is 0 Å². The molecule has 8 rings (SSSR count). The molecule has 0 radical (unpaired) electrons. The third kappa shape index (κ3) is 4.99. The number of hydrogen-bond acceptors (Lipinski definition) is 1. The Morgan fingerprint density at radius 2 is 0.760 bits per heavy atom. The number of alkyl halides is 6. The molecular weight excluding hydrogens is 665 g/mol. The SMILES string of the molecule is O=P(c1ccc(C(F)(F)F)cc1)(c1ccc(C(F)(F)F)cc1)c1c2ccccc2c(-c2ccccc2)c2c3ccccc3c3ccccc3c12. The summed E-state index contributed by atoms with van der Waals surface area (Å²) in [5.41, 5.74) is -0.0653.